The van der Waals surface area contributed by atoms with Crippen LogP contribution in [-0.2, 0) is 4.74 Å². The van der Waals surface area contributed by atoms with Crippen molar-refractivity contribution in [3.8, 4) is 11.5 Å². The zero-order valence-corrected chi connectivity index (χ0v) is 13.7. The van der Waals surface area contributed by atoms with E-state index in [2.05, 4.69) is 24.1 Å². The van der Waals surface area contributed by atoms with Gasteiger partial charge in [-0.1, -0.05) is 0 Å². The first-order valence-corrected chi connectivity index (χ1v) is 7.37. The van der Waals surface area contributed by atoms with Gasteiger partial charge in [-0.25, -0.2) is 0 Å². The van der Waals surface area contributed by atoms with Gasteiger partial charge in [0.05, 0.1) is 26.4 Å². The average Bonchev–Trinajstić information content (AvgIpc) is 2.46. The lowest BCUT2D eigenvalue weighted by Crippen LogP contribution is -2.49. The Morgan fingerprint density at radius 1 is 1.19 bits per heavy atom. The molecule has 116 valence electrons. The third-order valence-corrected chi connectivity index (χ3v) is 3.70. The van der Waals surface area contributed by atoms with Crippen molar-refractivity contribution in [3.05, 3.63) is 18.2 Å². The first-order valence-electron chi connectivity index (χ1n) is 6.97. The van der Waals surface area contributed by atoms with Crippen LogP contribution >= 0.6 is 12.2 Å². The molecule has 0 amide bonds. The number of methoxy groups -OCH3 is 2. The smallest absolute Gasteiger partial charge is 0.173 e. The Morgan fingerprint density at radius 3 is 2.38 bits per heavy atom. The molecule has 1 aliphatic rings. The molecule has 1 saturated heterocycles. The normalized spacial score (nSPS) is 21.8. The summed E-state index contributed by atoms with van der Waals surface area (Å²) in [7, 11) is 3.23. The van der Waals surface area contributed by atoms with E-state index in [1.54, 1.807) is 14.2 Å². The molecule has 0 radical (unpaired) electrons. The van der Waals surface area contributed by atoms with Crippen LogP contribution in [0, 0.1) is 0 Å². The molecule has 1 heterocycles. The summed E-state index contributed by atoms with van der Waals surface area (Å²) in [4.78, 5) is 2.13. The van der Waals surface area contributed by atoms with Crippen molar-refractivity contribution >= 4 is 23.0 Å². The van der Waals surface area contributed by atoms with E-state index >= 15 is 0 Å². The van der Waals surface area contributed by atoms with Crippen molar-refractivity contribution < 1.29 is 14.2 Å². The predicted molar refractivity (Wildman–Crippen MR) is 87.3 cm³/mol. The number of hydrogen-bond acceptors (Lipinski definition) is 4. The fourth-order valence-electron chi connectivity index (χ4n) is 2.46. The number of anilines is 1. The average molecular weight is 310 g/mol. The Hall–Kier alpha value is -1.53. The van der Waals surface area contributed by atoms with Crippen LogP contribution in [0.1, 0.15) is 13.8 Å². The molecule has 1 aliphatic heterocycles. The maximum atomic E-state index is 5.72. The molecule has 1 aromatic carbocycles. The van der Waals surface area contributed by atoms with Crippen LogP contribution in [0.4, 0.5) is 5.69 Å². The van der Waals surface area contributed by atoms with Crippen molar-refractivity contribution in [2.45, 2.75) is 26.1 Å². The summed E-state index contributed by atoms with van der Waals surface area (Å²) in [5.74, 6) is 1.37. The van der Waals surface area contributed by atoms with Gasteiger partial charge in [-0.3, -0.25) is 0 Å². The van der Waals surface area contributed by atoms with Gasteiger partial charge in [0.15, 0.2) is 16.6 Å². The number of ether oxygens (including phenoxy) is 3. The van der Waals surface area contributed by atoms with Gasteiger partial charge in [-0.15, -0.1) is 0 Å². The topological polar surface area (TPSA) is 43.0 Å². The molecule has 2 atom stereocenters. The van der Waals surface area contributed by atoms with Gasteiger partial charge in [-0.2, -0.15) is 0 Å². The largest absolute Gasteiger partial charge is 0.493 e. The molecule has 2 rings (SSSR count). The van der Waals surface area contributed by atoms with Crippen LogP contribution in [0.2, 0.25) is 0 Å². The Kier molecular flexibility index (Phi) is 5.25. The molecular formula is C15H22N2O3S. The van der Waals surface area contributed by atoms with E-state index in [1.165, 1.54) is 0 Å². The lowest BCUT2D eigenvalue weighted by atomic mass is 10.2. The molecule has 21 heavy (non-hydrogen) atoms. The SMILES string of the molecule is COc1ccc(NC(=S)N2C[C@@H](C)O[C@H](C)C2)cc1OC. The number of nitrogens with one attached hydrogen (secondary N) is 1. The Bertz CT molecular complexity index is 500. The maximum absolute atomic E-state index is 5.72. The fourth-order valence-corrected chi connectivity index (χ4v) is 2.73. The van der Waals surface area contributed by atoms with E-state index in [-0.39, 0.29) is 12.2 Å². The molecule has 0 aliphatic carbocycles. The minimum atomic E-state index is 0.180. The highest BCUT2D eigenvalue weighted by atomic mass is 32.1. The minimum absolute atomic E-state index is 0.180. The first-order chi connectivity index (χ1) is 10.0. The van der Waals surface area contributed by atoms with Crippen LogP contribution in [0.15, 0.2) is 18.2 Å². The first kappa shape index (κ1) is 15.9. The summed E-state index contributed by atoms with van der Waals surface area (Å²) < 4.78 is 16.2. The monoisotopic (exact) mass is 310 g/mol. The molecule has 1 aromatic rings. The van der Waals surface area contributed by atoms with E-state index in [0.717, 1.165) is 18.8 Å². The predicted octanol–water partition coefficient (Wildman–Crippen LogP) is 2.51. The fraction of sp³-hybridized carbons (Fsp3) is 0.533. The van der Waals surface area contributed by atoms with Gasteiger partial charge in [-0.05, 0) is 38.2 Å². The Labute approximate surface area is 131 Å². The summed E-state index contributed by atoms with van der Waals surface area (Å²) in [6.45, 7) is 5.70. The van der Waals surface area contributed by atoms with Crippen molar-refractivity contribution in [2.75, 3.05) is 32.6 Å². The van der Waals surface area contributed by atoms with Crippen molar-refractivity contribution in [2.24, 2.45) is 0 Å². The number of benzene rings is 1. The summed E-state index contributed by atoms with van der Waals surface area (Å²) in [5, 5.41) is 3.94. The third-order valence-electron chi connectivity index (χ3n) is 3.34. The second-order valence-electron chi connectivity index (χ2n) is 5.16. The van der Waals surface area contributed by atoms with E-state index in [4.69, 9.17) is 26.4 Å². The van der Waals surface area contributed by atoms with E-state index in [9.17, 15) is 0 Å². The molecule has 5 nitrogen and oxygen atoms in total. The van der Waals surface area contributed by atoms with Gasteiger partial charge in [0.25, 0.3) is 0 Å². The zero-order valence-electron chi connectivity index (χ0n) is 12.9. The molecule has 1 fully saturated rings. The molecule has 0 aromatic heterocycles. The summed E-state index contributed by atoms with van der Waals surface area (Å²) >= 11 is 5.49. The maximum Gasteiger partial charge on any atom is 0.173 e. The number of thiocarbonyl (C=S) groups is 1. The van der Waals surface area contributed by atoms with Crippen molar-refractivity contribution in [3.63, 3.8) is 0 Å². The molecule has 0 spiro atoms. The molecule has 6 heteroatoms. The van der Waals surface area contributed by atoms with Crippen LogP contribution in [-0.4, -0.2) is 49.5 Å². The lowest BCUT2D eigenvalue weighted by molar-refractivity contribution is -0.0473. The van der Waals surface area contributed by atoms with Gasteiger partial charge in [0, 0.05) is 24.8 Å². The second-order valence-corrected chi connectivity index (χ2v) is 5.55. The third kappa shape index (κ3) is 3.98. The van der Waals surface area contributed by atoms with Crippen molar-refractivity contribution in [1.29, 1.82) is 0 Å². The molecule has 1 N–H and O–H groups in total. The van der Waals surface area contributed by atoms with Crippen LogP contribution in [0.5, 0.6) is 11.5 Å². The van der Waals surface area contributed by atoms with Crippen LogP contribution < -0.4 is 14.8 Å². The van der Waals surface area contributed by atoms with Crippen molar-refractivity contribution in [1.82, 2.24) is 4.90 Å². The van der Waals surface area contributed by atoms with Crippen LogP contribution in [0.3, 0.4) is 0 Å². The molecule has 0 bridgehead atoms. The lowest BCUT2D eigenvalue weighted by Gasteiger charge is -2.36. The summed E-state index contributed by atoms with van der Waals surface area (Å²) in [6, 6.07) is 5.65. The highest BCUT2D eigenvalue weighted by molar-refractivity contribution is 7.80. The Morgan fingerprint density at radius 2 is 1.81 bits per heavy atom. The number of morpholine rings is 1. The Balaban J connectivity index is 2.05. The number of hydrogen-bond donors (Lipinski definition) is 1. The van der Waals surface area contributed by atoms with Gasteiger partial charge in [0.1, 0.15) is 0 Å². The number of nitrogens with zero attached hydrogens (tertiary/aromatic N) is 1. The zero-order chi connectivity index (χ0) is 15.4. The number of rotatable bonds is 3. The second kappa shape index (κ2) is 6.95. The van der Waals surface area contributed by atoms with Crippen LogP contribution in [0.25, 0.3) is 0 Å². The van der Waals surface area contributed by atoms with E-state index in [0.29, 0.717) is 16.6 Å². The molecule has 0 unspecified atom stereocenters. The highest BCUT2D eigenvalue weighted by Crippen LogP contribution is 2.30. The summed E-state index contributed by atoms with van der Waals surface area (Å²) in [6.07, 6.45) is 0.359. The molecular weight excluding hydrogens is 288 g/mol. The van der Waals surface area contributed by atoms with E-state index in [1.807, 2.05) is 18.2 Å². The quantitative estimate of drug-likeness (QED) is 0.865. The standard InChI is InChI=1S/C15H22N2O3S/c1-10-8-17(9-11(2)20-10)15(21)16-12-5-6-13(18-3)14(7-12)19-4/h5-7,10-11H,8-9H2,1-4H3,(H,16,21)/t10-,11-/m1/s1. The summed E-state index contributed by atoms with van der Waals surface area (Å²) in [5.41, 5.74) is 0.879. The van der Waals surface area contributed by atoms with Gasteiger partial charge < -0.3 is 24.4 Å². The minimum Gasteiger partial charge on any atom is -0.493 e. The van der Waals surface area contributed by atoms with Gasteiger partial charge in [0.2, 0.25) is 0 Å². The highest BCUT2D eigenvalue weighted by Gasteiger charge is 2.24. The van der Waals surface area contributed by atoms with Gasteiger partial charge >= 0.3 is 0 Å². The van der Waals surface area contributed by atoms with E-state index < -0.39 is 0 Å². The molecule has 0 saturated carbocycles.